The van der Waals surface area contributed by atoms with E-state index in [1.165, 1.54) is 15.5 Å². The number of hydrogen-bond acceptors (Lipinski definition) is 3. The van der Waals surface area contributed by atoms with E-state index in [0.29, 0.717) is 0 Å². The number of hydrogen-bond donors (Lipinski definition) is 0. The molecule has 0 amide bonds. The van der Waals surface area contributed by atoms with Gasteiger partial charge in [0.1, 0.15) is 5.58 Å². The molecular formula is C46H40GeIrN2O-2. The van der Waals surface area contributed by atoms with Gasteiger partial charge in [-0.05, 0) is 52.0 Å². The van der Waals surface area contributed by atoms with E-state index in [1.54, 1.807) is 6.20 Å². The van der Waals surface area contributed by atoms with E-state index in [0.717, 1.165) is 61.1 Å². The van der Waals surface area contributed by atoms with Crippen LogP contribution in [0.3, 0.4) is 0 Å². The van der Waals surface area contributed by atoms with Gasteiger partial charge in [-0.3, -0.25) is 0 Å². The quantitative estimate of drug-likeness (QED) is 0.123. The van der Waals surface area contributed by atoms with Crippen molar-refractivity contribution in [2.45, 2.75) is 37.0 Å². The molecule has 0 spiro atoms. The molecule has 3 nitrogen and oxygen atoms in total. The molecule has 3 aromatic heterocycles. The summed E-state index contributed by atoms with van der Waals surface area (Å²) in [5.74, 6) is 6.46. The zero-order valence-corrected chi connectivity index (χ0v) is 34.0. The van der Waals surface area contributed by atoms with Crippen molar-refractivity contribution in [2.75, 3.05) is 0 Å². The van der Waals surface area contributed by atoms with E-state index in [9.17, 15) is 0 Å². The molecule has 8 aromatic rings. The summed E-state index contributed by atoms with van der Waals surface area (Å²) in [5, 5.41) is 2.10. The Morgan fingerprint density at radius 2 is 1.31 bits per heavy atom. The molecule has 0 saturated heterocycles. The predicted octanol–water partition coefficient (Wildman–Crippen LogP) is 12.0. The van der Waals surface area contributed by atoms with Gasteiger partial charge >= 0.3 is 99.8 Å². The van der Waals surface area contributed by atoms with Crippen molar-refractivity contribution in [1.82, 2.24) is 9.97 Å². The van der Waals surface area contributed by atoms with Gasteiger partial charge in [0.25, 0.3) is 0 Å². The number of furan rings is 1. The van der Waals surface area contributed by atoms with Crippen LogP contribution in [-0.2, 0) is 20.1 Å². The Bertz CT molecular complexity index is 2410. The third-order valence-electron chi connectivity index (χ3n) is 8.96. The second-order valence-corrected chi connectivity index (χ2v) is 24.4. The summed E-state index contributed by atoms with van der Waals surface area (Å²) in [6.45, 7) is 3.77. The van der Waals surface area contributed by atoms with Crippen LogP contribution in [0.25, 0.3) is 66.7 Å². The van der Waals surface area contributed by atoms with E-state index in [4.69, 9.17) is 5.79 Å². The topological polar surface area (TPSA) is 38.9 Å². The van der Waals surface area contributed by atoms with Crippen molar-refractivity contribution >= 4 is 39.6 Å². The number of nitrogens with zero attached hydrogens (tertiary/aromatic N) is 2. The first-order valence-corrected chi connectivity index (χ1v) is 24.3. The number of benzene rings is 5. The first-order valence-electron chi connectivity index (χ1n) is 17.5. The maximum Gasteiger partial charge on any atom is 0 e. The fourth-order valence-electron chi connectivity index (χ4n) is 5.97. The fraction of sp³-hybridized carbons (Fsp3) is 0.130. The minimum absolute atomic E-state index is 0. The van der Waals surface area contributed by atoms with Crippen molar-refractivity contribution in [1.29, 1.82) is 0 Å². The maximum absolute atomic E-state index is 8.36. The van der Waals surface area contributed by atoms with Crippen LogP contribution in [-0.4, -0.2) is 23.2 Å². The van der Waals surface area contributed by atoms with E-state index in [2.05, 4.69) is 118 Å². The summed E-state index contributed by atoms with van der Waals surface area (Å²) in [4.78, 5) is 9.08. The summed E-state index contributed by atoms with van der Waals surface area (Å²) in [6, 6.07) is 52.1. The molecule has 0 N–H and O–H groups in total. The van der Waals surface area contributed by atoms with Gasteiger partial charge in [0.05, 0.1) is 5.58 Å². The first kappa shape index (κ1) is 34.8. The van der Waals surface area contributed by atoms with Gasteiger partial charge in [0.15, 0.2) is 0 Å². The average molecular weight is 903 g/mol. The molecule has 0 atom stereocenters. The minimum Gasteiger partial charge on any atom is 0 e. The summed E-state index contributed by atoms with van der Waals surface area (Å²) >= 11 is -1.72. The van der Waals surface area contributed by atoms with Gasteiger partial charge < -0.3 is 9.40 Å². The fourth-order valence-corrected chi connectivity index (χ4v) is 8.14. The van der Waals surface area contributed by atoms with Crippen LogP contribution in [0.2, 0.25) is 17.3 Å². The molecule has 0 bridgehead atoms. The molecule has 0 aliphatic carbocycles. The summed E-state index contributed by atoms with van der Waals surface area (Å²) in [5.41, 5.74) is 11.1. The molecule has 1 radical (unpaired) electrons. The normalized spacial score (nSPS) is 11.7. The molecule has 8 rings (SSSR count). The van der Waals surface area contributed by atoms with Crippen molar-refractivity contribution in [3.8, 4) is 44.8 Å². The second kappa shape index (κ2) is 15.7. The Hall–Kier alpha value is -4.61. The van der Waals surface area contributed by atoms with Gasteiger partial charge in [0, 0.05) is 33.1 Å². The number of pyridine rings is 2. The van der Waals surface area contributed by atoms with E-state index in [1.807, 2.05) is 74.6 Å². The van der Waals surface area contributed by atoms with E-state index in [-0.39, 0.29) is 20.1 Å². The van der Waals surface area contributed by atoms with Gasteiger partial charge in [-0.15, -0.1) is 23.8 Å². The van der Waals surface area contributed by atoms with Crippen LogP contribution in [0, 0.1) is 12.1 Å². The van der Waals surface area contributed by atoms with Crippen molar-refractivity contribution in [3.63, 3.8) is 0 Å². The average Bonchev–Trinajstić information content (AvgIpc) is 3.53. The SMILES string of the molecule is [2H]C(C)(C)c1ccnc(-c2[c-]cc3oc4ccc(-c5ccc(-c6ccccc6)cc5)cc4c3c2)c1.[CH3][Ge]([CH3])([CH3])[c]1ccc(-c2[c-]cccc2)nc1.[Ir]. The molecule has 0 unspecified atom stereocenters. The van der Waals surface area contributed by atoms with Crippen molar-refractivity contribution in [3.05, 3.63) is 164 Å². The van der Waals surface area contributed by atoms with Gasteiger partial charge in [0.2, 0.25) is 0 Å². The molecule has 3 heterocycles. The minimum atomic E-state index is -1.72. The first-order chi connectivity index (χ1) is 24.5. The summed E-state index contributed by atoms with van der Waals surface area (Å²) < 4.78 is 15.9. The number of rotatable bonds is 6. The molecule has 0 aliphatic heterocycles. The molecule has 255 valence electrons. The van der Waals surface area contributed by atoms with Crippen molar-refractivity contribution in [2.24, 2.45) is 0 Å². The standard InChI is InChI=1S/C32H24NO.C14H16GeN.Ir/c1-21(2)25-16-17-33-30(20-25)27-13-15-32-29(19-27)28-18-26(12-14-31(28)34-32)24-10-8-23(9-11-24)22-6-4-3-5-7-22;1-15(2,3)13-9-10-14(16-11-13)12-7-5-4-6-8-12;/h3-12,14-21H,1-2H3;4-7,9-11H,1-3H3;/q2*-1;/i21D;;. The van der Waals surface area contributed by atoms with Crippen LogP contribution in [0.1, 0.15) is 26.7 Å². The zero-order chi connectivity index (χ0) is 35.6. The van der Waals surface area contributed by atoms with Crippen LogP contribution in [0.5, 0.6) is 0 Å². The second-order valence-electron chi connectivity index (χ2n) is 13.8. The number of aromatic nitrogens is 2. The smallest absolute Gasteiger partial charge is 0 e. The molecule has 0 fully saturated rings. The Balaban J connectivity index is 0.000000230. The molecule has 0 saturated carbocycles. The van der Waals surface area contributed by atoms with Gasteiger partial charge in [-0.2, -0.15) is 0 Å². The molecule has 0 aliphatic rings. The molecule has 5 aromatic carbocycles. The summed E-state index contributed by atoms with van der Waals surface area (Å²) in [7, 11) is 0. The van der Waals surface area contributed by atoms with Crippen LogP contribution in [0.15, 0.2) is 150 Å². The monoisotopic (exact) mass is 904 g/mol. The Kier molecular flexibility index (Phi) is 10.7. The van der Waals surface area contributed by atoms with Gasteiger partial charge in [-0.25, -0.2) is 0 Å². The van der Waals surface area contributed by atoms with Crippen LogP contribution < -0.4 is 4.40 Å². The van der Waals surface area contributed by atoms with E-state index >= 15 is 0 Å². The number of fused-ring (bicyclic) bond motifs is 3. The Morgan fingerprint density at radius 3 is 1.98 bits per heavy atom. The van der Waals surface area contributed by atoms with Crippen LogP contribution >= 0.6 is 0 Å². The summed E-state index contributed by atoms with van der Waals surface area (Å²) in [6.07, 6.45) is 3.81. The van der Waals surface area contributed by atoms with Gasteiger partial charge in [-0.1, -0.05) is 91.5 Å². The predicted molar refractivity (Wildman–Crippen MR) is 212 cm³/mol. The zero-order valence-electron chi connectivity index (χ0n) is 30.5. The maximum atomic E-state index is 8.36. The third kappa shape index (κ3) is 8.31. The molecule has 5 heteroatoms. The largest absolute Gasteiger partial charge is 0 e. The van der Waals surface area contributed by atoms with E-state index < -0.39 is 19.2 Å². The molecule has 51 heavy (non-hydrogen) atoms. The third-order valence-corrected chi connectivity index (χ3v) is 13.2. The Morgan fingerprint density at radius 1 is 0.627 bits per heavy atom. The van der Waals surface area contributed by atoms with Crippen molar-refractivity contribution < 1.29 is 25.9 Å². The molecular weight excluding hydrogens is 861 g/mol. The van der Waals surface area contributed by atoms with Crippen LogP contribution in [0.4, 0.5) is 0 Å². The Labute approximate surface area is 318 Å².